The lowest BCUT2D eigenvalue weighted by Crippen LogP contribution is -2.63. The summed E-state index contributed by atoms with van der Waals surface area (Å²) in [6, 6.07) is 0.424. The minimum absolute atomic E-state index is 0.142. The molecule has 4 heteroatoms. The van der Waals surface area contributed by atoms with Crippen molar-refractivity contribution in [2.75, 3.05) is 33.8 Å². The Morgan fingerprint density at radius 1 is 1.40 bits per heavy atom. The fourth-order valence-corrected chi connectivity index (χ4v) is 2.90. The van der Waals surface area contributed by atoms with Gasteiger partial charge in [-0.05, 0) is 33.4 Å². The summed E-state index contributed by atoms with van der Waals surface area (Å²) in [5.74, 6) is 0.582. The number of ether oxygens (including phenoxy) is 1. The van der Waals surface area contributed by atoms with Crippen molar-refractivity contribution in [2.45, 2.75) is 58.8 Å². The summed E-state index contributed by atoms with van der Waals surface area (Å²) in [6.07, 6.45) is 1.37. The molecule has 0 radical (unpaired) electrons. The molecule has 0 amide bonds. The van der Waals surface area contributed by atoms with E-state index in [1.54, 1.807) is 0 Å². The Kier molecular flexibility index (Phi) is 6.02. The van der Waals surface area contributed by atoms with E-state index in [0.29, 0.717) is 31.2 Å². The Morgan fingerprint density at radius 2 is 2.00 bits per heavy atom. The van der Waals surface area contributed by atoms with Gasteiger partial charge in [0.25, 0.3) is 0 Å². The van der Waals surface area contributed by atoms with E-state index in [0.717, 1.165) is 13.0 Å². The molecule has 1 saturated carbocycles. The van der Waals surface area contributed by atoms with Crippen LogP contribution in [-0.2, 0) is 4.74 Å². The van der Waals surface area contributed by atoms with E-state index in [1.807, 2.05) is 25.9 Å². The fourth-order valence-electron chi connectivity index (χ4n) is 2.90. The van der Waals surface area contributed by atoms with Crippen molar-refractivity contribution < 1.29 is 9.84 Å². The molecule has 4 nitrogen and oxygen atoms in total. The second kappa shape index (κ2) is 6.73. The normalized spacial score (nSPS) is 28.5. The van der Waals surface area contributed by atoms with Crippen LogP contribution < -0.4 is 5.32 Å². The number of nitrogens with one attached hydrogen (secondary N) is 1. The Hall–Kier alpha value is -0.160. The third-order valence-electron chi connectivity index (χ3n) is 4.19. The van der Waals surface area contributed by atoms with Gasteiger partial charge in [0.1, 0.15) is 0 Å². The van der Waals surface area contributed by atoms with Gasteiger partial charge in [0.05, 0.1) is 11.7 Å². The number of aliphatic hydroxyl groups is 1. The zero-order valence-corrected chi connectivity index (χ0v) is 14.4. The van der Waals surface area contributed by atoms with Crippen LogP contribution in [0.15, 0.2) is 0 Å². The molecule has 1 aliphatic carbocycles. The number of likely N-dealkylation sites (N-methyl/N-ethyl adjacent to an activating group) is 1. The highest BCUT2D eigenvalue weighted by atomic mass is 16.5. The van der Waals surface area contributed by atoms with Gasteiger partial charge >= 0.3 is 0 Å². The summed E-state index contributed by atoms with van der Waals surface area (Å²) in [4.78, 5) is 2.02. The third-order valence-corrected chi connectivity index (χ3v) is 4.19. The minimum Gasteiger partial charge on any atom is -0.388 e. The Labute approximate surface area is 124 Å². The standard InChI is InChI=1S/C16H34N2O2/c1-12(2)9-20-14-8-13(15(14,3)4)17-10-16(5,19)11-18(6)7/h12-14,17,19H,8-11H2,1-7H3. The van der Waals surface area contributed by atoms with Crippen molar-refractivity contribution in [2.24, 2.45) is 11.3 Å². The van der Waals surface area contributed by atoms with Crippen LogP contribution in [0.25, 0.3) is 0 Å². The van der Waals surface area contributed by atoms with Crippen molar-refractivity contribution in [3.8, 4) is 0 Å². The lowest BCUT2D eigenvalue weighted by atomic mass is 9.64. The largest absolute Gasteiger partial charge is 0.388 e. The summed E-state index contributed by atoms with van der Waals surface area (Å²) in [5, 5.41) is 13.8. The van der Waals surface area contributed by atoms with E-state index >= 15 is 0 Å². The molecule has 3 unspecified atom stereocenters. The summed E-state index contributed by atoms with van der Waals surface area (Å²) >= 11 is 0. The molecule has 20 heavy (non-hydrogen) atoms. The van der Waals surface area contributed by atoms with E-state index in [9.17, 15) is 5.11 Å². The molecule has 0 heterocycles. The molecule has 120 valence electrons. The second-order valence-electron chi connectivity index (χ2n) is 7.94. The van der Waals surface area contributed by atoms with Gasteiger partial charge < -0.3 is 20.1 Å². The maximum atomic E-state index is 10.3. The monoisotopic (exact) mass is 286 g/mol. The maximum absolute atomic E-state index is 10.3. The SMILES string of the molecule is CC(C)COC1CC(NCC(C)(O)CN(C)C)C1(C)C. The van der Waals surface area contributed by atoms with Gasteiger partial charge in [-0.2, -0.15) is 0 Å². The van der Waals surface area contributed by atoms with Gasteiger partial charge in [-0.25, -0.2) is 0 Å². The molecular formula is C16H34N2O2. The van der Waals surface area contributed by atoms with E-state index in [4.69, 9.17) is 4.74 Å². The Morgan fingerprint density at radius 3 is 2.45 bits per heavy atom. The molecule has 0 aromatic rings. The molecule has 0 saturated heterocycles. The van der Waals surface area contributed by atoms with Crippen LogP contribution >= 0.6 is 0 Å². The van der Waals surface area contributed by atoms with Crippen LogP contribution in [-0.4, -0.2) is 61.5 Å². The lowest BCUT2D eigenvalue weighted by molar-refractivity contribution is -0.127. The van der Waals surface area contributed by atoms with Crippen LogP contribution in [0.4, 0.5) is 0 Å². The molecule has 1 fully saturated rings. The van der Waals surface area contributed by atoms with Gasteiger partial charge in [0, 0.05) is 31.2 Å². The molecule has 1 aliphatic rings. The predicted octanol–water partition coefficient (Wildman–Crippen LogP) is 1.73. The zero-order chi connectivity index (χ0) is 15.6. The number of nitrogens with zero attached hydrogens (tertiary/aromatic N) is 1. The lowest BCUT2D eigenvalue weighted by Gasteiger charge is -2.52. The first-order valence-corrected chi connectivity index (χ1v) is 7.76. The highest BCUT2D eigenvalue weighted by Gasteiger charge is 2.49. The molecule has 3 atom stereocenters. The minimum atomic E-state index is -0.691. The average Bonchev–Trinajstić information content (AvgIpc) is 2.24. The quantitative estimate of drug-likeness (QED) is 0.713. The van der Waals surface area contributed by atoms with Crippen molar-refractivity contribution in [3.05, 3.63) is 0 Å². The highest BCUT2D eigenvalue weighted by molar-refractivity contribution is 5.03. The van der Waals surface area contributed by atoms with Crippen LogP contribution in [0.5, 0.6) is 0 Å². The fraction of sp³-hybridized carbons (Fsp3) is 1.00. The topological polar surface area (TPSA) is 44.7 Å². The number of hydrogen-bond donors (Lipinski definition) is 2. The average molecular weight is 286 g/mol. The molecular weight excluding hydrogens is 252 g/mol. The first kappa shape index (κ1) is 17.9. The van der Waals surface area contributed by atoms with Gasteiger partial charge in [-0.1, -0.05) is 27.7 Å². The second-order valence-corrected chi connectivity index (χ2v) is 7.94. The number of hydrogen-bond acceptors (Lipinski definition) is 4. The van der Waals surface area contributed by atoms with Gasteiger partial charge in [0.2, 0.25) is 0 Å². The van der Waals surface area contributed by atoms with Gasteiger partial charge in [0.15, 0.2) is 0 Å². The summed E-state index contributed by atoms with van der Waals surface area (Å²) in [5.41, 5.74) is -0.549. The van der Waals surface area contributed by atoms with Crippen molar-refractivity contribution in [1.29, 1.82) is 0 Å². The molecule has 0 bridgehead atoms. The van der Waals surface area contributed by atoms with Crippen molar-refractivity contribution in [1.82, 2.24) is 10.2 Å². The molecule has 1 rings (SSSR count). The number of rotatable bonds is 8. The smallest absolute Gasteiger partial charge is 0.0869 e. The van der Waals surface area contributed by atoms with Crippen LogP contribution in [0.2, 0.25) is 0 Å². The van der Waals surface area contributed by atoms with Crippen LogP contribution in [0, 0.1) is 11.3 Å². The highest BCUT2D eigenvalue weighted by Crippen LogP contribution is 2.43. The van der Waals surface area contributed by atoms with Gasteiger partial charge in [-0.3, -0.25) is 0 Å². The molecule has 0 aromatic heterocycles. The molecule has 0 aliphatic heterocycles. The molecule has 2 N–H and O–H groups in total. The van der Waals surface area contributed by atoms with Crippen LogP contribution in [0.1, 0.15) is 41.0 Å². The first-order chi connectivity index (χ1) is 9.04. The molecule has 0 aromatic carbocycles. The maximum Gasteiger partial charge on any atom is 0.0869 e. The van der Waals surface area contributed by atoms with Crippen molar-refractivity contribution >= 4 is 0 Å². The summed E-state index contributed by atoms with van der Waals surface area (Å²) in [7, 11) is 3.97. The Balaban J connectivity index is 2.37. The summed E-state index contributed by atoms with van der Waals surface area (Å²) in [6.45, 7) is 12.9. The predicted molar refractivity (Wildman–Crippen MR) is 83.9 cm³/mol. The Bertz CT molecular complexity index is 301. The van der Waals surface area contributed by atoms with E-state index in [-0.39, 0.29) is 5.41 Å². The van der Waals surface area contributed by atoms with E-state index in [1.165, 1.54) is 0 Å². The van der Waals surface area contributed by atoms with Crippen LogP contribution in [0.3, 0.4) is 0 Å². The summed E-state index contributed by atoms with van der Waals surface area (Å²) < 4.78 is 5.97. The first-order valence-electron chi connectivity index (χ1n) is 7.76. The van der Waals surface area contributed by atoms with E-state index in [2.05, 4.69) is 33.0 Å². The van der Waals surface area contributed by atoms with E-state index < -0.39 is 5.60 Å². The molecule has 0 spiro atoms. The third kappa shape index (κ3) is 4.99. The van der Waals surface area contributed by atoms with Crippen molar-refractivity contribution in [3.63, 3.8) is 0 Å². The van der Waals surface area contributed by atoms with Gasteiger partial charge in [-0.15, -0.1) is 0 Å². The zero-order valence-electron chi connectivity index (χ0n) is 14.4.